The minimum absolute atomic E-state index is 0.00180. The fourth-order valence-electron chi connectivity index (χ4n) is 9.89. The number of rotatable bonds is 16. The van der Waals surface area contributed by atoms with Crippen molar-refractivity contribution in [2.75, 3.05) is 88.6 Å². The van der Waals surface area contributed by atoms with Gasteiger partial charge in [0.1, 0.15) is 34.9 Å². The smallest absolute Gasteiger partial charge is 0.261 e. The number of amides is 7. The van der Waals surface area contributed by atoms with Crippen molar-refractivity contribution in [1.82, 2.24) is 51.5 Å². The molecule has 21 nitrogen and oxygen atoms in total. The van der Waals surface area contributed by atoms with Gasteiger partial charge < -0.3 is 56.7 Å². The van der Waals surface area contributed by atoms with E-state index in [2.05, 4.69) is 65.6 Å². The SMILES string of the molecule is CCCCCCCCOc1ccc(N2CCN(c3ccc(C(=O)NC4CCCNC(=O)C5CC(N)CN5C(=O)C(N(C)C)NC(=O)C(CSc5cccnn5)NC(=O)C5CCCN5C(=O)CNC4=O)cc3)CC2)cc1. The first-order valence-electron chi connectivity index (χ1n) is 26.5. The summed E-state index contributed by atoms with van der Waals surface area (Å²) >= 11 is 1.17. The van der Waals surface area contributed by atoms with Gasteiger partial charge in [-0.2, -0.15) is 5.10 Å². The Morgan fingerprint density at radius 2 is 1.47 bits per heavy atom. The molecule has 0 spiro atoms. The van der Waals surface area contributed by atoms with Crippen LogP contribution < -0.4 is 46.9 Å². The molecule has 6 atom stereocenters. The molecule has 6 unspecified atom stereocenters. The van der Waals surface area contributed by atoms with Crippen LogP contribution in [0.5, 0.6) is 5.75 Å². The van der Waals surface area contributed by atoms with Crippen LogP contribution in [0.15, 0.2) is 71.9 Å². The van der Waals surface area contributed by atoms with Crippen LogP contribution in [0.3, 0.4) is 0 Å². The molecule has 75 heavy (non-hydrogen) atoms. The van der Waals surface area contributed by atoms with E-state index in [1.165, 1.54) is 64.8 Å². The van der Waals surface area contributed by atoms with E-state index in [9.17, 15) is 33.6 Å². The molecule has 406 valence electrons. The maximum Gasteiger partial charge on any atom is 0.261 e. The number of fused-ring (bicyclic) bond motifs is 2. The van der Waals surface area contributed by atoms with Gasteiger partial charge in [-0.15, -0.1) is 16.9 Å². The van der Waals surface area contributed by atoms with Crippen molar-refractivity contribution >= 4 is 64.5 Å². The molecule has 0 radical (unpaired) electrons. The summed E-state index contributed by atoms with van der Waals surface area (Å²) < 4.78 is 5.99. The lowest BCUT2D eigenvalue weighted by Gasteiger charge is -2.37. The summed E-state index contributed by atoms with van der Waals surface area (Å²) in [7, 11) is 3.21. The summed E-state index contributed by atoms with van der Waals surface area (Å²) in [6.07, 6.45) is 8.93. The summed E-state index contributed by atoms with van der Waals surface area (Å²) in [6.45, 7) is 6.08. The van der Waals surface area contributed by atoms with E-state index in [-0.39, 0.29) is 44.6 Å². The fraction of sp³-hybridized carbons (Fsp3) is 0.566. The number of carbonyl (C=O) groups excluding carboxylic acids is 7. The monoisotopic (exact) mass is 1050 g/mol. The van der Waals surface area contributed by atoms with Crippen LogP contribution in [0.2, 0.25) is 0 Å². The fourth-order valence-corrected chi connectivity index (χ4v) is 10.7. The zero-order valence-corrected chi connectivity index (χ0v) is 44.4. The Bertz CT molecular complexity index is 2390. The van der Waals surface area contributed by atoms with Crippen LogP contribution in [0, 0.1) is 0 Å². The van der Waals surface area contributed by atoms with Gasteiger partial charge in [0, 0.05) is 80.7 Å². The molecular formula is C53H75N13O8S. The first-order valence-corrected chi connectivity index (χ1v) is 27.5. The van der Waals surface area contributed by atoms with Gasteiger partial charge >= 0.3 is 0 Å². The number of ether oxygens (including phenoxy) is 1. The first-order chi connectivity index (χ1) is 36.3. The van der Waals surface area contributed by atoms with E-state index >= 15 is 0 Å². The lowest BCUT2D eigenvalue weighted by molar-refractivity contribution is -0.145. The van der Waals surface area contributed by atoms with Crippen LogP contribution in [-0.2, 0) is 28.8 Å². The highest BCUT2D eigenvalue weighted by atomic mass is 32.2. The highest BCUT2D eigenvalue weighted by molar-refractivity contribution is 7.99. The molecule has 22 heteroatoms. The Morgan fingerprint density at radius 3 is 2.15 bits per heavy atom. The van der Waals surface area contributed by atoms with Crippen molar-refractivity contribution in [2.24, 2.45) is 5.73 Å². The molecule has 3 aromatic rings. The number of piperazine rings is 1. The maximum absolute atomic E-state index is 14.3. The molecule has 4 aliphatic rings. The highest BCUT2D eigenvalue weighted by Gasteiger charge is 2.43. The number of nitrogens with one attached hydrogen (secondary N) is 5. The summed E-state index contributed by atoms with van der Waals surface area (Å²) in [5, 5.41) is 22.4. The van der Waals surface area contributed by atoms with Crippen LogP contribution in [0.1, 0.15) is 87.9 Å². The normalized spacial score (nSPS) is 23.6. The summed E-state index contributed by atoms with van der Waals surface area (Å²) in [5.41, 5.74) is 8.77. The maximum atomic E-state index is 14.3. The highest BCUT2D eigenvalue weighted by Crippen LogP contribution is 2.25. The van der Waals surface area contributed by atoms with Crippen LogP contribution in [0.4, 0.5) is 11.4 Å². The summed E-state index contributed by atoms with van der Waals surface area (Å²) in [5.74, 6) is -3.04. The van der Waals surface area contributed by atoms with E-state index in [1.807, 2.05) is 24.3 Å². The number of likely N-dealkylation sites (N-methyl/N-ethyl adjacent to an activating group) is 1. The average Bonchev–Trinajstić information content (AvgIpc) is 4.09. The van der Waals surface area contributed by atoms with Gasteiger partial charge in [-0.3, -0.25) is 38.5 Å². The van der Waals surface area contributed by atoms with Crippen LogP contribution in [-0.4, -0.2) is 181 Å². The van der Waals surface area contributed by atoms with Crippen molar-refractivity contribution in [2.45, 2.75) is 119 Å². The molecule has 2 aromatic carbocycles. The number of anilines is 2. The molecule has 0 bridgehead atoms. The van der Waals surface area contributed by atoms with Crippen molar-refractivity contribution in [3.63, 3.8) is 0 Å². The molecule has 7 amide bonds. The molecule has 1 aromatic heterocycles. The third-order valence-electron chi connectivity index (χ3n) is 14.2. The van der Waals surface area contributed by atoms with Gasteiger partial charge in [0.2, 0.25) is 29.5 Å². The number of benzene rings is 2. The lowest BCUT2D eigenvalue weighted by Crippen LogP contribution is -2.62. The van der Waals surface area contributed by atoms with E-state index < -0.39 is 84.3 Å². The molecule has 5 heterocycles. The number of unbranched alkanes of at least 4 members (excludes halogenated alkanes) is 5. The Hall–Kier alpha value is -6.52. The summed E-state index contributed by atoms with van der Waals surface area (Å²) in [6, 6.07) is 14.2. The van der Waals surface area contributed by atoms with Gasteiger partial charge in [-0.25, -0.2) is 0 Å². The predicted octanol–water partition coefficient (Wildman–Crippen LogP) is 1.87. The Kier molecular flexibility index (Phi) is 20.9. The van der Waals surface area contributed by atoms with E-state index in [1.54, 1.807) is 38.4 Å². The largest absolute Gasteiger partial charge is 0.494 e. The zero-order chi connectivity index (χ0) is 53.3. The second-order valence-electron chi connectivity index (χ2n) is 19.9. The topological polar surface area (TPSA) is 257 Å². The number of thioether (sulfide) groups is 1. The van der Waals surface area contributed by atoms with E-state index in [0.29, 0.717) is 23.4 Å². The number of nitrogens with two attached hydrogens (primary N) is 1. The quantitative estimate of drug-likeness (QED) is 0.0885. The first kappa shape index (κ1) is 56.2. The Labute approximate surface area is 444 Å². The standard InChI is InChI=1S/C53H75N13O8S/c1-4-5-6-7-8-9-31-74-40-22-20-39(21-23-40)64-29-27-63(28-30-64)38-18-16-36(17-19-38)48(68)58-41-13-10-24-55-51(71)44-32-37(54)34-66(44)53(73)47(62(2)3)60-50(70)42(35-75-45-15-11-25-57-61-45)59-52(72)43-14-12-26-65(43)46(67)33-56-49(41)69/h11,15-23,25,37,41-44,47H,4-10,12-14,24,26-35,54H2,1-3H3,(H,55,71)(H,56,69)(H,58,68)(H,59,72)(H,60,70). The second kappa shape index (κ2) is 27.9. The molecule has 0 saturated carbocycles. The van der Waals surface area contributed by atoms with Crippen molar-refractivity contribution in [1.29, 1.82) is 0 Å². The Balaban J connectivity index is 0.993. The minimum Gasteiger partial charge on any atom is -0.494 e. The molecular weight excluding hydrogens is 979 g/mol. The van der Waals surface area contributed by atoms with Crippen molar-refractivity contribution in [3.8, 4) is 5.75 Å². The third kappa shape index (κ3) is 15.8. The van der Waals surface area contributed by atoms with E-state index in [0.717, 1.165) is 56.3 Å². The van der Waals surface area contributed by atoms with Crippen LogP contribution in [0.25, 0.3) is 0 Å². The molecule has 7 rings (SSSR count). The second-order valence-corrected chi connectivity index (χ2v) is 20.9. The van der Waals surface area contributed by atoms with Crippen LogP contribution >= 0.6 is 11.8 Å². The summed E-state index contributed by atoms with van der Waals surface area (Å²) in [4.78, 5) is 107. The van der Waals surface area contributed by atoms with Gasteiger partial charge in [0.15, 0.2) is 6.17 Å². The number of carbonyl (C=O) groups is 7. The predicted molar refractivity (Wildman–Crippen MR) is 286 cm³/mol. The molecule has 4 fully saturated rings. The van der Waals surface area contributed by atoms with Crippen molar-refractivity contribution < 1.29 is 38.3 Å². The minimum atomic E-state index is -1.24. The Morgan fingerprint density at radius 1 is 0.773 bits per heavy atom. The lowest BCUT2D eigenvalue weighted by atomic mass is 10.1. The average molecular weight is 1050 g/mol. The van der Waals surface area contributed by atoms with E-state index in [4.69, 9.17) is 10.5 Å². The van der Waals surface area contributed by atoms with Gasteiger partial charge in [-0.1, -0.05) is 39.0 Å². The van der Waals surface area contributed by atoms with Gasteiger partial charge in [0.05, 0.1) is 13.2 Å². The number of hydrogen-bond donors (Lipinski definition) is 6. The molecule has 0 aliphatic carbocycles. The number of aromatic nitrogens is 2. The molecule has 4 aliphatic heterocycles. The number of hydrogen-bond acceptors (Lipinski definition) is 15. The van der Waals surface area contributed by atoms with Gasteiger partial charge in [-0.05, 0) is 113 Å². The van der Waals surface area contributed by atoms with Gasteiger partial charge in [0.25, 0.3) is 11.8 Å². The van der Waals surface area contributed by atoms with Crippen molar-refractivity contribution in [3.05, 3.63) is 72.4 Å². The molecule has 4 saturated heterocycles. The molecule has 7 N–H and O–H groups in total. The zero-order valence-electron chi connectivity index (χ0n) is 43.5. The third-order valence-corrected chi connectivity index (χ3v) is 15.2. The number of nitrogens with zero attached hydrogens (tertiary/aromatic N) is 7.